The molecule has 100 valence electrons. The van der Waals surface area contributed by atoms with Crippen molar-refractivity contribution in [1.82, 2.24) is 4.98 Å². The first-order valence-corrected chi connectivity index (χ1v) is 5.80. The number of carboxylic acids is 1. The lowest BCUT2D eigenvalue weighted by atomic mass is 10.1. The van der Waals surface area contributed by atoms with E-state index in [-0.39, 0.29) is 5.75 Å². The van der Waals surface area contributed by atoms with E-state index in [1.54, 1.807) is 0 Å². The van der Waals surface area contributed by atoms with Crippen molar-refractivity contribution < 1.29 is 23.1 Å². The topological polar surface area (TPSA) is 76.2 Å². The number of hydrogen-bond acceptors (Lipinski definition) is 4. The molecule has 0 fully saturated rings. The molecule has 0 aliphatic rings. The Kier molecular flexibility index (Phi) is 4.23. The zero-order valence-electron chi connectivity index (χ0n) is 9.36. The summed E-state index contributed by atoms with van der Waals surface area (Å²) in [5, 5.41) is 9.06. The molecule has 1 aromatic rings. The van der Waals surface area contributed by atoms with Gasteiger partial charge in [0.1, 0.15) is 5.54 Å². The lowest BCUT2D eigenvalue weighted by molar-refractivity contribution is -0.141. The summed E-state index contributed by atoms with van der Waals surface area (Å²) >= 11 is 0.991. The third-order valence-electron chi connectivity index (χ3n) is 2.07. The van der Waals surface area contributed by atoms with Gasteiger partial charge in [-0.3, -0.25) is 4.79 Å². The molecule has 1 heterocycles. The highest BCUT2D eigenvalue weighted by Crippen LogP contribution is 2.29. The Bertz CT molecular complexity index is 432. The molecule has 1 atom stereocenters. The van der Waals surface area contributed by atoms with Crippen LogP contribution in [0.5, 0.6) is 0 Å². The number of nitrogens with zero attached hydrogens (tertiary/aromatic N) is 1. The Balaban J connectivity index is 2.68. The molecule has 1 unspecified atom stereocenters. The van der Waals surface area contributed by atoms with E-state index < -0.39 is 23.2 Å². The smallest absolute Gasteiger partial charge is 0.417 e. The fourth-order valence-electron chi connectivity index (χ4n) is 0.919. The third-order valence-corrected chi connectivity index (χ3v) is 3.35. The molecule has 0 aromatic carbocycles. The van der Waals surface area contributed by atoms with E-state index in [4.69, 9.17) is 10.8 Å². The minimum Gasteiger partial charge on any atom is -0.480 e. The molecule has 0 saturated heterocycles. The highest BCUT2D eigenvalue weighted by molar-refractivity contribution is 7.99. The Labute approximate surface area is 105 Å². The van der Waals surface area contributed by atoms with Gasteiger partial charge < -0.3 is 10.8 Å². The monoisotopic (exact) mass is 280 g/mol. The summed E-state index contributed by atoms with van der Waals surface area (Å²) in [5.74, 6) is -1.16. The van der Waals surface area contributed by atoms with Gasteiger partial charge in [-0.05, 0) is 19.1 Å². The second kappa shape index (κ2) is 5.15. The molecule has 1 aromatic heterocycles. The molecule has 0 spiro atoms. The molecule has 8 heteroatoms. The van der Waals surface area contributed by atoms with Gasteiger partial charge in [-0.15, -0.1) is 11.8 Å². The largest absolute Gasteiger partial charge is 0.480 e. The van der Waals surface area contributed by atoms with Gasteiger partial charge in [-0.2, -0.15) is 13.2 Å². The Morgan fingerprint density at radius 2 is 2.11 bits per heavy atom. The van der Waals surface area contributed by atoms with Crippen LogP contribution in [0.15, 0.2) is 23.4 Å². The molecule has 1 rings (SSSR count). The van der Waals surface area contributed by atoms with E-state index in [2.05, 4.69) is 4.98 Å². The number of nitrogens with two attached hydrogens (primary N) is 1. The Morgan fingerprint density at radius 1 is 1.50 bits per heavy atom. The molecule has 0 radical (unpaired) electrons. The van der Waals surface area contributed by atoms with E-state index in [1.165, 1.54) is 13.0 Å². The molecular weight excluding hydrogens is 269 g/mol. The fraction of sp³-hybridized carbons (Fsp3) is 0.400. The molecule has 4 nitrogen and oxygen atoms in total. The number of aromatic nitrogens is 1. The minimum absolute atomic E-state index is 0.0146. The first kappa shape index (κ1) is 14.8. The summed E-state index contributed by atoms with van der Waals surface area (Å²) in [4.78, 5) is 14.3. The molecule has 0 amide bonds. The van der Waals surface area contributed by atoms with E-state index in [9.17, 15) is 18.0 Å². The number of alkyl halides is 3. The highest BCUT2D eigenvalue weighted by atomic mass is 32.2. The number of carboxylic acid groups (broad SMARTS) is 1. The lowest BCUT2D eigenvalue weighted by Crippen LogP contribution is -2.47. The number of thioether (sulfide) groups is 1. The molecule has 0 bridgehead atoms. The standard InChI is InChI=1S/C10H11F3N2O2S/c1-9(14,8(16)17)5-18-7-3-2-6(4-15-7)10(11,12)13/h2-4H,5,14H2,1H3,(H,16,17). The summed E-state index contributed by atoms with van der Waals surface area (Å²) in [5.41, 5.74) is 3.18. The molecule has 18 heavy (non-hydrogen) atoms. The van der Waals surface area contributed by atoms with Crippen LogP contribution >= 0.6 is 11.8 Å². The maximum Gasteiger partial charge on any atom is 0.417 e. The van der Waals surface area contributed by atoms with Gasteiger partial charge in [-0.25, -0.2) is 4.98 Å². The number of carbonyl (C=O) groups is 1. The average Bonchev–Trinajstić information content (AvgIpc) is 2.25. The van der Waals surface area contributed by atoms with Crippen LogP contribution in [0.2, 0.25) is 0 Å². The number of rotatable bonds is 4. The van der Waals surface area contributed by atoms with Crippen LogP contribution in [0.4, 0.5) is 13.2 Å². The van der Waals surface area contributed by atoms with Crippen molar-refractivity contribution in [2.75, 3.05) is 5.75 Å². The molecule has 0 aliphatic heterocycles. The van der Waals surface area contributed by atoms with E-state index >= 15 is 0 Å². The van der Waals surface area contributed by atoms with Crippen LogP contribution in [0.3, 0.4) is 0 Å². The summed E-state index contributed by atoms with van der Waals surface area (Å²) in [6.07, 6.45) is -3.73. The zero-order chi connectivity index (χ0) is 14.0. The van der Waals surface area contributed by atoms with Crippen LogP contribution in [-0.4, -0.2) is 27.4 Å². The van der Waals surface area contributed by atoms with Gasteiger partial charge in [-0.1, -0.05) is 0 Å². The van der Waals surface area contributed by atoms with Crippen molar-refractivity contribution in [1.29, 1.82) is 0 Å². The van der Waals surface area contributed by atoms with Crippen molar-refractivity contribution in [3.63, 3.8) is 0 Å². The van der Waals surface area contributed by atoms with Gasteiger partial charge in [0.15, 0.2) is 0 Å². The second-order valence-electron chi connectivity index (χ2n) is 3.89. The number of hydrogen-bond donors (Lipinski definition) is 2. The van der Waals surface area contributed by atoms with Crippen LogP contribution in [0.25, 0.3) is 0 Å². The van der Waals surface area contributed by atoms with Gasteiger partial charge in [0.05, 0.1) is 10.6 Å². The van der Waals surface area contributed by atoms with E-state index in [1.807, 2.05) is 0 Å². The van der Waals surface area contributed by atoms with Crippen molar-refractivity contribution in [3.8, 4) is 0 Å². The van der Waals surface area contributed by atoms with Crippen LogP contribution in [0.1, 0.15) is 12.5 Å². The predicted molar refractivity (Wildman–Crippen MR) is 60.2 cm³/mol. The van der Waals surface area contributed by atoms with Gasteiger partial charge in [0.25, 0.3) is 0 Å². The van der Waals surface area contributed by atoms with Crippen LogP contribution in [-0.2, 0) is 11.0 Å². The SMILES string of the molecule is CC(N)(CSc1ccc(C(F)(F)F)cn1)C(=O)O. The number of pyridine rings is 1. The molecule has 0 saturated carbocycles. The Morgan fingerprint density at radius 3 is 2.50 bits per heavy atom. The van der Waals surface area contributed by atoms with Gasteiger partial charge >= 0.3 is 12.1 Å². The fourth-order valence-corrected chi connectivity index (χ4v) is 1.78. The van der Waals surface area contributed by atoms with Crippen molar-refractivity contribution in [3.05, 3.63) is 23.9 Å². The summed E-state index contributed by atoms with van der Waals surface area (Å²) in [7, 11) is 0. The van der Waals surface area contributed by atoms with E-state index in [0.717, 1.165) is 17.8 Å². The lowest BCUT2D eigenvalue weighted by Gasteiger charge is -2.17. The molecule has 0 aliphatic carbocycles. The van der Waals surface area contributed by atoms with Gasteiger partial charge in [0, 0.05) is 11.9 Å². The molecule has 3 N–H and O–H groups in total. The highest BCUT2D eigenvalue weighted by Gasteiger charge is 2.31. The quantitative estimate of drug-likeness (QED) is 0.825. The molecular formula is C10H11F3N2O2S. The predicted octanol–water partition coefficient (Wildman–Crippen LogP) is 1.99. The van der Waals surface area contributed by atoms with Crippen molar-refractivity contribution in [2.24, 2.45) is 5.73 Å². The maximum atomic E-state index is 12.3. The second-order valence-corrected chi connectivity index (χ2v) is 4.89. The number of halogens is 3. The first-order valence-electron chi connectivity index (χ1n) is 4.81. The third kappa shape index (κ3) is 3.88. The average molecular weight is 280 g/mol. The Hall–Kier alpha value is -1.28. The van der Waals surface area contributed by atoms with E-state index in [0.29, 0.717) is 11.2 Å². The van der Waals surface area contributed by atoms with Gasteiger partial charge in [0.2, 0.25) is 0 Å². The minimum atomic E-state index is -4.43. The van der Waals surface area contributed by atoms with Crippen molar-refractivity contribution in [2.45, 2.75) is 23.7 Å². The van der Waals surface area contributed by atoms with Crippen molar-refractivity contribution >= 4 is 17.7 Å². The zero-order valence-corrected chi connectivity index (χ0v) is 10.2. The normalized spacial score (nSPS) is 15.2. The summed E-state index contributed by atoms with van der Waals surface area (Å²) in [6, 6.07) is 2.08. The van der Waals surface area contributed by atoms with Crippen LogP contribution in [0, 0.1) is 0 Å². The summed E-state index contributed by atoms with van der Waals surface area (Å²) < 4.78 is 36.8. The summed E-state index contributed by atoms with van der Waals surface area (Å²) in [6.45, 7) is 1.33. The number of aliphatic carboxylic acids is 1. The first-order chi connectivity index (χ1) is 8.13. The maximum absolute atomic E-state index is 12.3. The van der Waals surface area contributed by atoms with Crippen LogP contribution < -0.4 is 5.73 Å².